The molecule has 0 saturated heterocycles. The fourth-order valence-corrected chi connectivity index (χ4v) is 1.50. The van der Waals surface area contributed by atoms with Crippen molar-refractivity contribution in [2.45, 2.75) is 0 Å². The van der Waals surface area contributed by atoms with Crippen LogP contribution >= 0.6 is 11.6 Å². The smallest absolute Gasteiger partial charge is 0.141 e. The number of pyridine rings is 1. The highest BCUT2D eigenvalue weighted by Crippen LogP contribution is 2.25. The normalized spacial score (nSPS) is 10.2. The van der Waals surface area contributed by atoms with Gasteiger partial charge in [0.25, 0.3) is 0 Å². The third-order valence-electron chi connectivity index (χ3n) is 1.95. The lowest BCUT2D eigenvalue weighted by Crippen LogP contribution is -1.89. The second-order valence-electron chi connectivity index (χ2n) is 2.76. The van der Waals surface area contributed by atoms with Crippen molar-refractivity contribution < 1.29 is 0 Å². The Morgan fingerprint density at radius 3 is 3.08 bits per heavy atom. The standard InChI is InChI=1S/C9H6ClN3/c1-13-3-2-7-8(10)6(4-11)5-12-9(7)13/h2-3,5H,1H3. The second-order valence-corrected chi connectivity index (χ2v) is 3.14. The Labute approximate surface area is 80.2 Å². The van der Waals surface area contributed by atoms with Crippen LogP contribution in [0.1, 0.15) is 5.56 Å². The number of halogens is 1. The summed E-state index contributed by atoms with van der Waals surface area (Å²) in [4.78, 5) is 4.13. The van der Waals surface area contributed by atoms with Crippen LogP contribution in [0.3, 0.4) is 0 Å². The van der Waals surface area contributed by atoms with E-state index < -0.39 is 0 Å². The third kappa shape index (κ3) is 1.07. The van der Waals surface area contributed by atoms with Crippen molar-refractivity contribution in [3.8, 4) is 6.07 Å². The Bertz CT molecular complexity index is 507. The van der Waals surface area contributed by atoms with Crippen molar-refractivity contribution in [2.75, 3.05) is 0 Å². The minimum absolute atomic E-state index is 0.417. The average molecular weight is 192 g/mol. The molecule has 0 fully saturated rings. The lowest BCUT2D eigenvalue weighted by atomic mass is 10.2. The highest BCUT2D eigenvalue weighted by atomic mass is 35.5. The number of rotatable bonds is 0. The van der Waals surface area contributed by atoms with Gasteiger partial charge in [-0.1, -0.05) is 11.6 Å². The van der Waals surface area contributed by atoms with E-state index in [1.54, 1.807) is 0 Å². The van der Waals surface area contributed by atoms with Crippen molar-refractivity contribution in [2.24, 2.45) is 7.05 Å². The summed E-state index contributed by atoms with van der Waals surface area (Å²) in [6.07, 6.45) is 3.36. The van der Waals surface area contributed by atoms with Crippen LogP contribution in [0.4, 0.5) is 0 Å². The molecule has 0 amide bonds. The van der Waals surface area contributed by atoms with Crippen molar-refractivity contribution in [3.63, 3.8) is 0 Å². The Morgan fingerprint density at radius 1 is 1.62 bits per heavy atom. The van der Waals surface area contributed by atoms with E-state index in [4.69, 9.17) is 16.9 Å². The summed E-state index contributed by atoms with van der Waals surface area (Å²) in [6.45, 7) is 0. The van der Waals surface area contributed by atoms with E-state index in [9.17, 15) is 0 Å². The van der Waals surface area contributed by atoms with Crippen LogP contribution in [0.15, 0.2) is 18.5 Å². The molecule has 2 aromatic rings. The van der Waals surface area contributed by atoms with E-state index in [2.05, 4.69) is 4.98 Å². The van der Waals surface area contributed by atoms with Gasteiger partial charge in [-0.25, -0.2) is 4.98 Å². The van der Waals surface area contributed by atoms with Crippen LogP contribution in [-0.2, 0) is 7.05 Å². The van der Waals surface area contributed by atoms with Crippen molar-refractivity contribution in [1.82, 2.24) is 9.55 Å². The monoisotopic (exact) mass is 191 g/mol. The maximum atomic E-state index is 8.70. The molecule has 2 rings (SSSR count). The quantitative estimate of drug-likeness (QED) is 0.640. The number of nitrogens with zero attached hydrogens (tertiary/aromatic N) is 3. The first kappa shape index (κ1) is 8.09. The molecule has 2 heterocycles. The van der Waals surface area contributed by atoms with Gasteiger partial charge >= 0.3 is 0 Å². The zero-order valence-corrected chi connectivity index (χ0v) is 7.71. The first-order chi connectivity index (χ1) is 6.24. The zero-order chi connectivity index (χ0) is 9.42. The maximum Gasteiger partial charge on any atom is 0.141 e. The van der Waals surface area contributed by atoms with E-state index in [1.807, 2.05) is 29.9 Å². The summed E-state index contributed by atoms with van der Waals surface area (Å²) in [5.41, 5.74) is 1.21. The van der Waals surface area contributed by atoms with Gasteiger partial charge in [-0.2, -0.15) is 5.26 Å². The molecule has 0 aliphatic rings. The summed E-state index contributed by atoms with van der Waals surface area (Å²) in [7, 11) is 1.89. The molecule has 4 heteroatoms. The topological polar surface area (TPSA) is 41.6 Å². The number of aryl methyl sites for hydroxylation is 1. The van der Waals surface area contributed by atoms with Crippen LogP contribution in [0.2, 0.25) is 5.02 Å². The molecule has 0 N–H and O–H groups in total. The number of hydrogen-bond donors (Lipinski definition) is 0. The van der Waals surface area contributed by atoms with E-state index in [0.29, 0.717) is 10.6 Å². The second kappa shape index (κ2) is 2.75. The van der Waals surface area contributed by atoms with E-state index in [1.165, 1.54) is 6.20 Å². The molecule has 0 spiro atoms. The molecule has 0 radical (unpaired) electrons. The van der Waals surface area contributed by atoms with Crippen LogP contribution in [0.5, 0.6) is 0 Å². The summed E-state index contributed by atoms with van der Waals surface area (Å²) in [5, 5.41) is 10.0. The molecule has 64 valence electrons. The van der Waals surface area contributed by atoms with E-state index in [-0.39, 0.29) is 0 Å². The average Bonchev–Trinajstić information content (AvgIpc) is 2.50. The Morgan fingerprint density at radius 2 is 2.38 bits per heavy atom. The molecule has 3 nitrogen and oxygen atoms in total. The van der Waals surface area contributed by atoms with Gasteiger partial charge < -0.3 is 4.57 Å². The maximum absolute atomic E-state index is 8.70. The minimum atomic E-state index is 0.417. The number of aromatic nitrogens is 2. The van der Waals surface area contributed by atoms with Gasteiger partial charge in [-0.15, -0.1) is 0 Å². The molecule has 2 aromatic heterocycles. The Balaban J connectivity index is 2.90. The fraction of sp³-hybridized carbons (Fsp3) is 0.111. The predicted octanol–water partition coefficient (Wildman–Crippen LogP) is 2.10. The van der Waals surface area contributed by atoms with Crippen LogP contribution in [0.25, 0.3) is 11.0 Å². The molecule has 0 bridgehead atoms. The molecule has 0 aliphatic carbocycles. The molecular weight excluding hydrogens is 186 g/mol. The molecule has 0 saturated carbocycles. The number of hydrogen-bond acceptors (Lipinski definition) is 2. The van der Waals surface area contributed by atoms with E-state index in [0.717, 1.165) is 11.0 Å². The summed E-state index contributed by atoms with van der Waals surface area (Å²) in [5.74, 6) is 0. The van der Waals surface area contributed by atoms with Crippen molar-refractivity contribution >= 4 is 22.6 Å². The molecular formula is C9H6ClN3. The lowest BCUT2D eigenvalue weighted by Gasteiger charge is -1.97. The highest BCUT2D eigenvalue weighted by Gasteiger charge is 2.07. The molecule has 0 unspecified atom stereocenters. The Hall–Kier alpha value is -1.53. The summed E-state index contributed by atoms with van der Waals surface area (Å²) < 4.78 is 1.86. The first-order valence-electron chi connectivity index (χ1n) is 3.73. The lowest BCUT2D eigenvalue weighted by molar-refractivity contribution is 0.948. The van der Waals surface area contributed by atoms with Gasteiger partial charge in [0, 0.05) is 24.8 Å². The van der Waals surface area contributed by atoms with E-state index >= 15 is 0 Å². The third-order valence-corrected chi connectivity index (χ3v) is 2.36. The van der Waals surface area contributed by atoms with Gasteiger partial charge in [-0.05, 0) is 6.07 Å². The number of fused-ring (bicyclic) bond motifs is 1. The summed E-state index contributed by atoms with van der Waals surface area (Å²) >= 11 is 5.98. The summed E-state index contributed by atoms with van der Waals surface area (Å²) in [6, 6.07) is 3.85. The van der Waals surface area contributed by atoms with Gasteiger partial charge in [0.05, 0.1) is 10.6 Å². The van der Waals surface area contributed by atoms with Gasteiger partial charge in [0.15, 0.2) is 0 Å². The van der Waals surface area contributed by atoms with Gasteiger partial charge in [0.2, 0.25) is 0 Å². The molecule has 0 aromatic carbocycles. The molecule has 0 aliphatic heterocycles. The minimum Gasteiger partial charge on any atom is -0.336 e. The largest absolute Gasteiger partial charge is 0.336 e. The Kier molecular flexibility index (Phi) is 1.71. The van der Waals surface area contributed by atoms with Crippen molar-refractivity contribution in [3.05, 3.63) is 29.0 Å². The molecule has 13 heavy (non-hydrogen) atoms. The van der Waals surface area contributed by atoms with Crippen LogP contribution in [0, 0.1) is 11.3 Å². The fourth-order valence-electron chi connectivity index (χ4n) is 1.26. The first-order valence-corrected chi connectivity index (χ1v) is 4.11. The van der Waals surface area contributed by atoms with Crippen molar-refractivity contribution in [1.29, 1.82) is 5.26 Å². The number of nitriles is 1. The molecule has 0 atom stereocenters. The SMILES string of the molecule is Cn1ccc2c(Cl)c(C#N)cnc21. The zero-order valence-electron chi connectivity index (χ0n) is 6.95. The van der Waals surface area contributed by atoms with Gasteiger partial charge in [-0.3, -0.25) is 0 Å². The predicted molar refractivity (Wildman–Crippen MR) is 50.4 cm³/mol. The highest BCUT2D eigenvalue weighted by molar-refractivity contribution is 6.36. The van der Waals surface area contributed by atoms with Gasteiger partial charge in [0.1, 0.15) is 11.7 Å². The van der Waals surface area contributed by atoms with Crippen LogP contribution in [-0.4, -0.2) is 9.55 Å². The van der Waals surface area contributed by atoms with Crippen LogP contribution < -0.4 is 0 Å².